The largest absolute Gasteiger partial charge is 0.369 e. The van der Waals surface area contributed by atoms with Gasteiger partial charge >= 0.3 is 0 Å². The quantitative estimate of drug-likeness (QED) is 0.722. The number of benzene rings is 1. The standard InChI is InChI=1S/C19H29FN2/c1-16(2)5-4-6-17(3)15-21-11-13-22(14-12-21)19-9-7-18(20)8-10-19/h5,7-10,17H,4,6,11-15H2,1-3H3/t17-/m0/s1. The fourth-order valence-corrected chi connectivity index (χ4v) is 3.03. The Balaban J connectivity index is 1.72. The van der Waals surface area contributed by atoms with Gasteiger partial charge in [0.1, 0.15) is 5.82 Å². The van der Waals surface area contributed by atoms with Crippen molar-refractivity contribution in [2.45, 2.75) is 33.6 Å². The first-order valence-electron chi connectivity index (χ1n) is 8.41. The number of hydrogen-bond acceptors (Lipinski definition) is 2. The Labute approximate surface area is 134 Å². The van der Waals surface area contributed by atoms with Gasteiger partial charge in [-0.15, -0.1) is 0 Å². The van der Waals surface area contributed by atoms with Crippen LogP contribution in [-0.2, 0) is 0 Å². The molecule has 0 unspecified atom stereocenters. The molecule has 1 atom stereocenters. The van der Waals surface area contributed by atoms with E-state index in [-0.39, 0.29) is 5.82 Å². The summed E-state index contributed by atoms with van der Waals surface area (Å²) in [6, 6.07) is 6.86. The lowest BCUT2D eigenvalue weighted by molar-refractivity contribution is 0.220. The first-order valence-corrected chi connectivity index (χ1v) is 8.41. The van der Waals surface area contributed by atoms with Gasteiger partial charge in [0.2, 0.25) is 0 Å². The van der Waals surface area contributed by atoms with Gasteiger partial charge in [-0.05, 0) is 56.9 Å². The van der Waals surface area contributed by atoms with Crippen LogP contribution in [0.2, 0.25) is 0 Å². The van der Waals surface area contributed by atoms with Crippen molar-refractivity contribution in [2.75, 3.05) is 37.6 Å². The number of allylic oxidation sites excluding steroid dienone is 2. The molecule has 0 spiro atoms. The van der Waals surface area contributed by atoms with Gasteiger partial charge in [0.15, 0.2) is 0 Å². The molecular formula is C19H29FN2. The van der Waals surface area contributed by atoms with Gasteiger partial charge in [-0.1, -0.05) is 18.6 Å². The smallest absolute Gasteiger partial charge is 0.123 e. The van der Waals surface area contributed by atoms with E-state index < -0.39 is 0 Å². The molecule has 22 heavy (non-hydrogen) atoms. The monoisotopic (exact) mass is 304 g/mol. The fraction of sp³-hybridized carbons (Fsp3) is 0.579. The molecule has 1 aliphatic heterocycles. The van der Waals surface area contributed by atoms with Crippen LogP contribution in [0.5, 0.6) is 0 Å². The lowest BCUT2D eigenvalue weighted by Crippen LogP contribution is -2.47. The van der Waals surface area contributed by atoms with E-state index in [0.29, 0.717) is 0 Å². The first-order chi connectivity index (χ1) is 10.5. The minimum absolute atomic E-state index is 0.160. The molecule has 0 radical (unpaired) electrons. The van der Waals surface area contributed by atoms with Crippen LogP contribution in [0.25, 0.3) is 0 Å². The van der Waals surface area contributed by atoms with Gasteiger partial charge in [-0.2, -0.15) is 0 Å². The van der Waals surface area contributed by atoms with Crippen molar-refractivity contribution < 1.29 is 4.39 Å². The fourth-order valence-electron chi connectivity index (χ4n) is 3.03. The maximum absolute atomic E-state index is 13.0. The predicted molar refractivity (Wildman–Crippen MR) is 92.9 cm³/mol. The molecule has 0 saturated carbocycles. The van der Waals surface area contributed by atoms with Crippen LogP contribution in [0.3, 0.4) is 0 Å². The van der Waals surface area contributed by atoms with E-state index in [0.717, 1.165) is 37.8 Å². The molecule has 1 fully saturated rings. The van der Waals surface area contributed by atoms with Crippen LogP contribution in [0.4, 0.5) is 10.1 Å². The molecule has 0 bridgehead atoms. The molecule has 1 heterocycles. The van der Waals surface area contributed by atoms with E-state index in [1.54, 1.807) is 12.1 Å². The maximum Gasteiger partial charge on any atom is 0.123 e. The Morgan fingerprint density at radius 3 is 2.36 bits per heavy atom. The molecule has 1 aromatic rings. The van der Waals surface area contributed by atoms with Crippen molar-refractivity contribution in [1.29, 1.82) is 0 Å². The molecule has 0 N–H and O–H groups in total. The van der Waals surface area contributed by atoms with Crippen LogP contribution in [0.1, 0.15) is 33.6 Å². The minimum Gasteiger partial charge on any atom is -0.369 e. The van der Waals surface area contributed by atoms with Crippen molar-refractivity contribution in [3.05, 3.63) is 41.7 Å². The van der Waals surface area contributed by atoms with Gasteiger partial charge in [-0.3, -0.25) is 4.90 Å². The molecule has 122 valence electrons. The molecule has 0 aliphatic carbocycles. The van der Waals surface area contributed by atoms with Crippen molar-refractivity contribution >= 4 is 5.69 Å². The van der Waals surface area contributed by atoms with Crippen LogP contribution in [0, 0.1) is 11.7 Å². The molecule has 3 heteroatoms. The Hall–Kier alpha value is -1.35. The number of piperazine rings is 1. The zero-order chi connectivity index (χ0) is 15.9. The van der Waals surface area contributed by atoms with Crippen LogP contribution in [0.15, 0.2) is 35.9 Å². The van der Waals surface area contributed by atoms with E-state index >= 15 is 0 Å². The zero-order valence-electron chi connectivity index (χ0n) is 14.2. The molecule has 1 saturated heterocycles. The topological polar surface area (TPSA) is 6.48 Å². The minimum atomic E-state index is -0.160. The summed E-state index contributed by atoms with van der Waals surface area (Å²) in [6.45, 7) is 12.1. The average molecular weight is 304 g/mol. The second-order valence-corrected chi connectivity index (χ2v) is 6.73. The molecule has 1 aliphatic rings. The van der Waals surface area contributed by atoms with Gasteiger partial charge in [-0.25, -0.2) is 4.39 Å². The number of rotatable bonds is 6. The lowest BCUT2D eigenvalue weighted by atomic mass is 10.0. The van der Waals surface area contributed by atoms with E-state index in [1.165, 1.54) is 25.0 Å². The SMILES string of the molecule is CC(C)=CCC[C@H](C)CN1CCN(c2ccc(F)cc2)CC1. The highest BCUT2D eigenvalue weighted by atomic mass is 19.1. The third-order valence-corrected chi connectivity index (χ3v) is 4.35. The van der Waals surface area contributed by atoms with Crippen molar-refractivity contribution in [3.8, 4) is 0 Å². The van der Waals surface area contributed by atoms with Gasteiger partial charge < -0.3 is 4.90 Å². The van der Waals surface area contributed by atoms with E-state index in [2.05, 4.69) is 36.6 Å². The normalized spacial score (nSPS) is 17.4. The Morgan fingerprint density at radius 2 is 1.77 bits per heavy atom. The van der Waals surface area contributed by atoms with Crippen LogP contribution < -0.4 is 4.90 Å². The van der Waals surface area contributed by atoms with E-state index in [9.17, 15) is 4.39 Å². The summed E-state index contributed by atoms with van der Waals surface area (Å²) in [7, 11) is 0. The van der Waals surface area contributed by atoms with Gasteiger partial charge in [0, 0.05) is 38.4 Å². The third kappa shape index (κ3) is 5.45. The lowest BCUT2D eigenvalue weighted by Gasteiger charge is -2.37. The summed E-state index contributed by atoms with van der Waals surface area (Å²) in [5.41, 5.74) is 2.55. The Morgan fingerprint density at radius 1 is 1.14 bits per heavy atom. The number of nitrogens with zero attached hydrogens (tertiary/aromatic N) is 2. The summed E-state index contributed by atoms with van der Waals surface area (Å²) in [4.78, 5) is 4.91. The third-order valence-electron chi connectivity index (χ3n) is 4.35. The molecule has 0 amide bonds. The first kappa shape index (κ1) is 17.0. The summed E-state index contributed by atoms with van der Waals surface area (Å²) in [6.07, 6.45) is 4.80. The van der Waals surface area contributed by atoms with Crippen molar-refractivity contribution in [3.63, 3.8) is 0 Å². The molecule has 2 rings (SSSR count). The average Bonchev–Trinajstić information content (AvgIpc) is 2.48. The molecule has 2 nitrogen and oxygen atoms in total. The maximum atomic E-state index is 13.0. The van der Waals surface area contributed by atoms with Crippen molar-refractivity contribution in [1.82, 2.24) is 4.90 Å². The Bertz CT molecular complexity index is 469. The highest BCUT2D eigenvalue weighted by Gasteiger charge is 2.18. The summed E-state index contributed by atoms with van der Waals surface area (Å²) in [5, 5.41) is 0. The number of anilines is 1. The van der Waals surface area contributed by atoms with E-state index in [1.807, 2.05) is 12.1 Å². The number of halogens is 1. The summed E-state index contributed by atoms with van der Waals surface area (Å²) in [5.74, 6) is 0.584. The van der Waals surface area contributed by atoms with Gasteiger partial charge in [0.05, 0.1) is 0 Å². The second kappa shape index (κ2) is 8.33. The summed E-state index contributed by atoms with van der Waals surface area (Å²) < 4.78 is 13.0. The summed E-state index contributed by atoms with van der Waals surface area (Å²) >= 11 is 0. The Kier molecular flexibility index (Phi) is 6.44. The number of hydrogen-bond donors (Lipinski definition) is 0. The highest BCUT2D eigenvalue weighted by Crippen LogP contribution is 2.18. The molecular weight excluding hydrogens is 275 g/mol. The molecule has 0 aromatic heterocycles. The molecule has 1 aromatic carbocycles. The highest BCUT2D eigenvalue weighted by molar-refractivity contribution is 5.46. The zero-order valence-corrected chi connectivity index (χ0v) is 14.2. The predicted octanol–water partition coefficient (Wildman–Crippen LogP) is 4.33. The van der Waals surface area contributed by atoms with Gasteiger partial charge in [0.25, 0.3) is 0 Å². The van der Waals surface area contributed by atoms with E-state index in [4.69, 9.17) is 0 Å². The van der Waals surface area contributed by atoms with Crippen LogP contribution in [-0.4, -0.2) is 37.6 Å². The second-order valence-electron chi connectivity index (χ2n) is 6.73. The van der Waals surface area contributed by atoms with Crippen molar-refractivity contribution in [2.24, 2.45) is 5.92 Å². The van der Waals surface area contributed by atoms with Crippen LogP contribution >= 0.6 is 0 Å².